The lowest BCUT2D eigenvalue weighted by molar-refractivity contribution is 0.350. The zero-order chi connectivity index (χ0) is 13.4. The van der Waals surface area contributed by atoms with Crippen LogP contribution in [0.15, 0.2) is 18.2 Å². The maximum Gasteiger partial charge on any atom is 0.138 e. The number of hydrogen-bond acceptors (Lipinski definition) is 3. The molecule has 0 heterocycles. The van der Waals surface area contributed by atoms with Gasteiger partial charge in [0.05, 0.1) is 5.56 Å². The number of benzene rings is 1. The Labute approximate surface area is 112 Å². The highest BCUT2D eigenvalue weighted by Gasteiger charge is 2.01. The monoisotopic (exact) mass is 267 g/mol. The van der Waals surface area contributed by atoms with Gasteiger partial charge in [0.2, 0.25) is 0 Å². The highest BCUT2D eigenvalue weighted by molar-refractivity contribution is 7.98. The van der Waals surface area contributed by atoms with Crippen molar-refractivity contribution in [2.24, 2.45) is 0 Å². The maximum atomic E-state index is 13.4. The molecule has 0 saturated carbocycles. The fourth-order valence-electron chi connectivity index (χ4n) is 1.33. The summed E-state index contributed by atoms with van der Waals surface area (Å²) >= 11 is 1.81. The Morgan fingerprint density at radius 2 is 2.17 bits per heavy atom. The summed E-state index contributed by atoms with van der Waals surface area (Å²) in [5.74, 6) is 6.64. The average molecular weight is 267 g/mol. The molecule has 0 radical (unpaired) electrons. The number of thioether (sulfide) groups is 1. The Hall–Kier alpha value is -1.02. The lowest BCUT2D eigenvalue weighted by atomic mass is 10.1. The lowest BCUT2D eigenvalue weighted by Crippen LogP contribution is -2.14. The van der Waals surface area contributed by atoms with Crippen LogP contribution < -0.4 is 0 Å². The average Bonchev–Trinajstić information content (AvgIpc) is 2.34. The predicted molar refractivity (Wildman–Crippen MR) is 75.1 cm³/mol. The highest BCUT2D eigenvalue weighted by atomic mass is 32.2. The largest absolute Gasteiger partial charge is 0.384 e. The second-order valence-corrected chi connectivity index (χ2v) is 5.24. The van der Waals surface area contributed by atoms with Gasteiger partial charge in [0.15, 0.2) is 0 Å². The van der Waals surface area contributed by atoms with Gasteiger partial charge in [-0.05, 0) is 31.8 Å². The first-order valence-electron chi connectivity index (χ1n) is 5.74. The van der Waals surface area contributed by atoms with E-state index in [1.165, 1.54) is 6.07 Å². The molecule has 0 fully saturated rings. The molecule has 0 unspecified atom stereocenters. The van der Waals surface area contributed by atoms with E-state index in [0.29, 0.717) is 5.56 Å². The van der Waals surface area contributed by atoms with Gasteiger partial charge in [-0.1, -0.05) is 17.9 Å². The van der Waals surface area contributed by atoms with Crippen LogP contribution in [0.1, 0.15) is 11.1 Å². The molecule has 0 aliphatic carbocycles. The molecule has 1 rings (SSSR count). The van der Waals surface area contributed by atoms with E-state index in [1.807, 2.05) is 25.9 Å². The molecular formula is C14H18FNOS. The van der Waals surface area contributed by atoms with Crippen molar-refractivity contribution in [3.05, 3.63) is 35.1 Å². The Morgan fingerprint density at radius 3 is 2.83 bits per heavy atom. The minimum atomic E-state index is -0.335. The smallest absolute Gasteiger partial charge is 0.138 e. The number of hydrogen-bond donors (Lipinski definition) is 1. The van der Waals surface area contributed by atoms with Crippen molar-refractivity contribution in [1.29, 1.82) is 0 Å². The van der Waals surface area contributed by atoms with Crippen molar-refractivity contribution in [3.8, 4) is 11.8 Å². The van der Waals surface area contributed by atoms with Crippen molar-refractivity contribution in [3.63, 3.8) is 0 Å². The summed E-state index contributed by atoms with van der Waals surface area (Å²) in [6, 6.07) is 4.96. The molecule has 18 heavy (non-hydrogen) atoms. The van der Waals surface area contributed by atoms with Crippen LogP contribution in [0.4, 0.5) is 4.39 Å². The molecule has 4 heteroatoms. The summed E-state index contributed by atoms with van der Waals surface area (Å²) in [6.45, 7) is 0.782. The zero-order valence-corrected chi connectivity index (χ0v) is 11.6. The standard InChI is InChI=1S/C14H18FNOS/c1-16(2)7-9-18-11-12-5-6-14(15)13(10-12)4-3-8-17/h5-6,10,17H,7-9,11H2,1-2H3. The maximum absolute atomic E-state index is 13.4. The van der Waals surface area contributed by atoms with E-state index >= 15 is 0 Å². The van der Waals surface area contributed by atoms with Gasteiger partial charge in [-0.25, -0.2) is 4.39 Å². The first-order chi connectivity index (χ1) is 8.63. The summed E-state index contributed by atoms with van der Waals surface area (Å²) in [6.07, 6.45) is 0. The quantitative estimate of drug-likeness (QED) is 0.652. The van der Waals surface area contributed by atoms with Gasteiger partial charge in [-0.3, -0.25) is 0 Å². The number of aliphatic hydroxyl groups excluding tert-OH is 1. The minimum absolute atomic E-state index is 0.249. The summed E-state index contributed by atoms with van der Waals surface area (Å²) in [5.41, 5.74) is 1.41. The topological polar surface area (TPSA) is 23.5 Å². The van der Waals surface area contributed by atoms with Crippen LogP contribution in [0, 0.1) is 17.7 Å². The predicted octanol–water partition coefficient (Wildman–Crippen LogP) is 1.96. The molecule has 0 aromatic heterocycles. The first-order valence-corrected chi connectivity index (χ1v) is 6.89. The van der Waals surface area contributed by atoms with E-state index in [1.54, 1.807) is 12.1 Å². The molecule has 2 nitrogen and oxygen atoms in total. The molecule has 0 amide bonds. The summed E-state index contributed by atoms with van der Waals surface area (Å²) in [5, 5.41) is 8.61. The van der Waals surface area contributed by atoms with Gasteiger partial charge in [-0.15, -0.1) is 0 Å². The van der Waals surface area contributed by atoms with Crippen molar-refractivity contribution < 1.29 is 9.50 Å². The van der Waals surface area contributed by atoms with Crippen LogP contribution in [0.2, 0.25) is 0 Å². The lowest BCUT2D eigenvalue weighted by Gasteiger charge is -2.08. The zero-order valence-electron chi connectivity index (χ0n) is 10.7. The van der Waals surface area contributed by atoms with Crippen molar-refractivity contribution in [2.45, 2.75) is 5.75 Å². The van der Waals surface area contributed by atoms with Crippen LogP contribution >= 0.6 is 11.8 Å². The number of rotatable bonds is 5. The van der Waals surface area contributed by atoms with E-state index in [-0.39, 0.29) is 12.4 Å². The van der Waals surface area contributed by atoms with Gasteiger partial charge in [0.1, 0.15) is 12.4 Å². The third-order valence-electron chi connectivity index (χ3n) is 2.28. The highest BCUT2D eigenvalue weighted by Crippen LogP contribution is 2.15. The fourth-order valence-corrected chi connectivity index (χ4v) is 2.38. The molecule has 0 saturated heterocycles. The fraction of sp³-hybridized carbons (Fsp3) is 0.429. The van der Waals surface area contributed by atoms with Gasteiger partial charge in [0, 0.05) is 18.1 Å². The van der Waals surface area contributed by atoms with Crippen LogP contribution in [0.25, 0.3) is 0 Å². The molecule has 0 spiro atoms. The molecule has 98 valence electrons. The Balaban J connectivity index is 2.56. The van der Waals surface area contributed by atoms with E-state index in [2.05, 4.69) is 16.7 Å². The Morgan fingerprint density at radius 1 is 1.39 bits per heavy atom. The van der Waals surface area contributed by atoms with E-state index in [4.69, 9.17) is 5.11 Å². The second-order valence-electron chi connectivity index (χ2n) is 4.13. The number of nitrogens with zero attached hydrogens (tertiary/aromatic N) is 1. The first kappa shape index (κ1) is 15.0. The molecule has 0 aliphatic rings. The van der Waals surface area contributed by atoms with Crippen LogP contribution in [-0.2, 0) is 5.75 Å². The minimum Gasteiger partial charge on any atom is -0.384 e. The Kier molecular flexibility index (Phi) is 6.81. The molecule has 1 aromatic rings. The van der Waals surface area contributed by atoms with Gasteiger partial charge < -0.3 is 10.0 Å². The SMILES string of the molecule is CN(C)CCSCc1ccc(F)c(C#CCO)c1. The molecule has 0 bridgehead atoms. The van der Waals surface area contributed by atoms with Gasteiger partial charge in [-0.2, -0.15) is 11.8 Å². The van der Waals surface area contributed by atoms with Crippen LogP contribution in [0.3, 0.4) is 0 Å². The van der Waals surface area contributed by atoms with E-state index < -0.39 is 0 Å². The van der Waals surface area contributed by atoms with E-state index in [0.717, 1.165) is 23.6 Å². The van der Waals surface area contributed by atoms with Crippen molar-refractivity contribution in [2.75, 3.05) is 33.0 Å². The van der Waals surface area contributed by atoms with Crippen molar-refractivity contribution >= 4 is 11.8 Å². The Bertz CT molecular complexity index is 437. The van der Waals surface area contributed by atoms with E-state index in [9.17, 15) is 4.39 Å². The second kappa shape index (κ2) is 8.15. The third kappa shape index (κ3) is 5.54. The number of halogens is 1. The molecule has 0 atom stereocenters. The number of aliphatic hydroxyl groups is 1. The molecule has 1 aromatic carbocycles. The van der Waals surface area contributed by atoms with Gasteiger partial charge >= 0.3 is 0 Å². The van der Waals surface area contributed by atoms with Crippen LogP contribution in [-0.4, -0.2) is 43.0 Å². The summed E-state index contributed by atoms with van der Waals surface area (Å²) in [4.78, 5) is 2.13. The normalized spacial score (nSPS) is 10.3. The summed E-state index contributed by atoms with van der Waals surface area (Å²) < 4.78 is 13.4. The van der Waals surface area contributed by atoms with Crippen LogP contribution in [0.5, 0.6) is 0 Å². The summed E-state index contributed by atoms with van der Waals surface area (Å²) in [7, 11) is 4.09. The molecule has 1 N–H and O–H groups in total. The third-order valence-corrected chi connectivity index (χ3v) is 3.29. The molecular weight excluding hydrogens is 249 g/mol. The van der Waals surface area contributed by atoms with Gasteiger partial charge in [0.25, 0.3) is 0 Å². The van der Waals surface area contributed by atoms with Crippen molar-refractivity contribution in [1.82, 2.24) is 4.90 Å². The molecule has 0 aliphatic heterocycles.